The van der Waals surface area contributed by atoms with Gasteiger partial charge in [0.05, 0.1) is 6.54 Å². The zero-order chi connectivity index (χ0) is 45.4. The summed E-state index contributed by atoms with van der Waals surface area (Å²) in [5.41, 5.74) is 18.8. The molecule has 16 nitrogen and oxygen atoms in total. The second-order valence-electron chi connectivity index (χ2n) is 16.4. The second-order valence-corrected chi connectivity index (χ2v) is 16.4. The van der Waals surface area contributed by atoms with E-state index in [1.54, 1.807) is 6.20 Å². The number of rotatable bonds is 22. The lowest BCUT2D eigenvalue weighted by Crippen LogP contribution is -2.64. The van der Waals surface area contributed by atoms with E-state index in [2.05, 4.69) is 43.4 Å². The van der Waals surface area contributed by atoms with Crippen LogP contribution in [0.3, 0.4) is 0 Å². The summed E-state index contributed by atoms with van der Waals surface area (Å²) in [5.74, 6) is -3.27. The SMILES string of the molecule is CCCCC(=O)NC1(C(=O)N[C@H](Cc2ccccc2)C(=O)N[C@@H](CCCN=C(N)N)C(=O)N(C)[C@@H](Cc2c[nH]c3ccccc23)C(=O)NCC(N)=O)CCC(c2ccccc2)CC1. The fourth-order valence-electron chi connectivity index (χ4n) is 8.24. The van der Waals surface area contributed by atoms with Crippen molar-refractivity contribution in [3.8, 4) is 0 Å². The minimum absolute atomic E-state index is 0.0649. The number of aromatic amines is 1. The standard InChI is InChI=1S/C47H62N10O6/c1-3-4-21-41(59)56-47(24-22-33(23-25-47)32-16-9-6-10-17-32)45(63)55-38(27-31-14-7-5-8-15-31)42(60)54-37(20-13-26-51-46(49)50)44(62)57(2)39(43(61)53-30-40(48)58)28-34-29-52-36-19-12-11-18-35(34)36/h5-12,14-19,29,33,37-39,52H,3-4,13,20-28,30H2,1-2H3,(H2,48,58)(H,53,61)(H,54,60)(H,55,63)(H,56,59)(H4,49,50,51)/t33?,37-,38+,39-,47?/m0/s1. The average molecular weight is 863 g/mol. The van der Waals surface area contributed by atoms with Crippen molar-refractivity contribution in [1.82, 2.24) is 31.2 Å². The Balaban J connectivity index is 1.44. The number of nitrogens with one attached hydrogen (secondary N) is 5. The average Bonchev–Trinajstić information content (AvgIpc) is 3.70. The molecular formula is C47H62N10O6. The predicted molar refractivity (Wildman–Crippen MR) is 243 cm³/mol. The lowest BCUT2D eigenvalue weighted by atomic mass is 9.73. The van der Waals surface area contributed by atoms with Crippen LogP contribution in [0.2, 0.25) is 0 Å². The minimum Gasteiger partial charge on any atom is -0.370 e. The molecule has 0 radical (unpaired) electrons. The number of fused-ring (bicyclic) bond motifs is 1. The van der Waals surface area contributed by atoms with Gasteiger partial charge in [-0.15, -0.1) is 0 Å². The summed E-state index contributed by atoms with van der Waals surface area (Å²) in [4.78, 5) is 91.3. The van der Waals surface area contributed by atoms with Crippen molar-refractivity contribution in [2.75, 3.05) is 20.1 Å². The van der Waals surface area contributed by atoms with E-state index in [4.69, 9.17) is 17.2 Å². The second kappa shape index (κ2) is 22.9. The van der Waals surface area contributed by atoms with E-state index in [1.165, 1.54) is 17.5 Å². The van der Waals surface area contributed by atoms with E-state index in [0.29, 0.717) is 32.1 Å². The molecule has 0 saturated heterocycles. The summed E-state index contributed by atoms with van der Waals surface area (Å²) in [6, 6.07) is 23.3. The van der Waals surface area contributed by atoms with Crippen molar-refractivity contribution in [1.29, 1.82) is 0 Å². The Morgan fingerprint density at radius 1 is 0.825 bits per heavy atom. The number of guanidine groups is 1. The van der Waals surface area contributed by atoms with Gasteiger partial charge in [-0.3, -0.25) is 33.8 Å². The van der Waals surface area contributed by atoms with Crippen LogP contribution in [0.25, 0.3) is 10.9 Å². The number of carbonyl (C=O) groups excluding carboxylic acids is 6. The van der Waals surface area contributed by atoms with E-state index in [1.807, 2.05) is 79.7 Å². The molecule has 16 heteroatoms. The highest BCUT2D eigenvalue weighted by Crippen LogP contribution is 2.38. The van der Waals surface area contributed by atoms with Gasteiger partial charge < -0.3 is 48.4 Å². The summed E-state index contributed by atoms with van der Waals surface area (Å²) in [5, 5.41) is 12.4. The molecule has 1 aliphatic carbocycles. The first-order chi connectivity index (χ1) is 30.3. The molecule has 5 rings (SSSR count). The first-order valence-corrected chi connectivity index (χ1v) is 21.7. The highest BCUT2D eigenvalue weighted by molar-refractivity contribution is 5.98. The lowest BCUT2D eigenvalue weighted by Gasteiger charge is -2.40. The molecule has 1 fully saturated rings. The molecule has 6 amide bonds. The molecule has 63 heavy (non-hydrogen) atoms. The van der Waals surface area contributed by atoms with Crippen molar-refractivity contribution in [3.05, 3.63) is 108 Å². The monoisotopic (exact) mass is 862 g/mol. The number of aliphatic imine (C=N–C) groups is 1. The highest BCUT2D eigenvalue weighted by atomic mass is 16.2. The summed E-state index contributed by atoms with van der Waals surface area (Å²) < 4.78 is 0. The Kier molecular flexibility index (Phi) is 17.2. The van der Waals surface area contributed by atoms with E-state index in [9.17, 15) is 28.8 Å². The van der Waals surface area contributed by atoms with Crippen molar-refractivity contribution < 1.29 is 28.8 Å². The maximum Gasteiger partial charge on any atom is 0.246 e. The Morgan fingerprint density at radius 3 is 2.16 bits per heavy atom. The van der Waals surface area contributed by atoms with Crippen LogP contribution < -0.4 is 38.5 Å². The summed E-state index contributed by atoms with van der Waals surface area (Å²) >= 11 is 0. The van der Waals surface area contributed by atoms with Crippen LogP contribution in [0.15, 0.2) is 96.1 Å². The Labute approximate surface area is 368 Å². The van der Waals surface area contributed by atoms with Gasteiger partial charge in [0.1, 0.15) is 23.7 Å². The minimum atomic E-state index is -1.27. The number of likely N-dealkylation sites (N-methyl/N-ethyl adjacent to an activating group) is 1. The fourth-order valence-corrected chi connectivity index (χ4v) is 8.24. The lowest BCUT2D eigenvalue weighted by molar-refractivity contribution is -0.143. The number of hydrogen-bond donors (Lipinski definition) is 8. The number of hydrogen-bond acceptors (Lipinski definition) is 7. The van der Waals surface area contributed by atoms with Crippen LogP contribution in [0, 0.1) is 0 Å². The number of H-pyrrole nitrogens is 1. The Hall–Kier alpha value is -6.71. The van der Waals surface area contributed by atoms with Gasteiger partial charge in [0.15, 0.2) is 5.96 Å². The van der Waals surface area contributed by atoms with Gasteiger partial charge in [0.2, 0.25) is 35.4 Å². The number of amides is 6. The molecule has 3 aromatic carbocycles. The number of benzene rings is 3. The van der Waals surface area contributed by atoms with Gasteiger partial charge in [-0.05, 0) is 73.6 Å². The van der Waals surface area contributed by atoms with Gasteiger partial charge in [-0.25, -0.2) is 0 Å². The van der Waals surface area contributed by atoms with E-state index >= 15 is 0 Å². The van der Waals surface area contributed by atoms with Crippen molar-refractivity contribution in [3.63, 3.8) is 0 Å². The maximum absolute atomic E-state index is 14.7. The zero-order valence-corrected chi connectivity index (χ0v) is 36.2. The van der Waals surface area contributed by atoms with Crippen LogP contribution in [0.1, 0.15) is 87.3 Å². The maximum atomic E-state index is 14.7. The molecule has 1 aliphatic rings. The molecule has 4 aromatic rings. The number of nitrogens with two attached hydrogens (primary N) is 3. The summed E-state index contributed by atoms with van der Waals surface area (Å²) in [7, 11) is 1.46. The van der Waals surface area contributed by atoms with Crippen LogP contribution in [-0.4, -0.2) is 95.1 Å². The van der Waals surface area contributed by atoms with Gasteiger partial charge in [-0.1, -0.05) is 92.2 Å². The Morgan fingerprint density at radius 2 is 1.49 bits per heavy atom. The number of primary amides is 1. The number of nitrogens with zero attached hydrogens (tertiary/aromatic N) is 2. The summed E-state index contributed by atoms with van der Waals surface area (Å²) in [6.07, 6.45) is 6.00. The zero-order valence-electron chi connectivity index (χ0n) is 36.2. The molecule has 1 heterocycles. The van der Waals surface area contributed by atoms with Crippen LogP contribution in [0.4, 0.5) is 0 Å². The summed E-state index contributed by atoms with van der Waals surface area (Å²) in [6.45, 7) is 1.70. The van der Waals surface area contributed by atoms with Crippen LogP contribution in [-0.2, 0) is 41.6 Å². The van der Waals surface area contributed by atoms with Crippen molar-refractivity contribution >= 4 is 52.3 Å². The molecule has 336 valence electrons. The fraction of sp³-hybridized carbons (Fsp3) is 0.426. The molecule has 0 spiro atoms. The number of unbranched alkanes of at least 4 members (excludes halogenated alkanes) is 1. The molecule has 0 unspecified atom stereocenters. The van der Waals surface area contributed by atoms with Crippen LogP contribution in [0.5, 0.6) is 0 Å². The van der Waals surface area contributed by atoms with Gasteiger partial charge in [0, 0.05) is 50.0 Å². The van der Waals surface area contributed by atoms with E-state index in [-0.39, 0.29) is 56.4 Å². The van der Waals surface area contributed by atoms with E-state index in [0.717, 1.165) is 28.5 Å². The first kappa shape index (κ1) is 47.3. The normalized spacial score (nSPS) is 17.3. The van der Waals surface area contributed by atoms with Gasteiger partial charge >= 0.3 is 0 Å². The smallest absolute Gasteiger partial charge is 0.246 e. The van der Waals surface area contributed by atoms with E-state index < -0.39 is 59.7 Å². The molecule has 1 aromatic heterocycles. The third kappa shape index (κ3) is 13.4. The third-order valence-electron chi connectivity index (χ3n) is 11.8. The predicted octanol–water partition coefficient (Wildman–Crippen LogP) is 2.81. The topological polar surface area (TPSA) is 260 Å². The van der Waals surface area contributed by atoms with Gasteiger partial charge in [-0.2, -0.15) is 0 Å². The van der Waals surface area contributed by atoms with Crippen molar-refractivity contribution in [2.24, 2.45) is 22.2 Å². The third-order valence-corrected chi connectivity index (χ3v) is 11.8. The molecule has 3 atom stereocenters. The quantitative estimate of drug-likeness (QED) is 0.0330. The number of aromatic nitrogens is 1. The van der Waals surface area contributed by atoms with Crippen molar-refractivity contribution in [2.45, 2.75) is 107 Å². The molecule has 11 N–H and O–H groups in total. The Bertz CT molecular complexity index is 2200. The largest absolute Gasteiger partial charge is 0.370 e. The molecular weight excluding hydrogens is 801 g/mol. The number of para-hydroxylation sites is 1. The first-order valence-electron chi connectivity index (χ1n) is 21.7. The van der Waals surface area contributed by atoms with Gasteiger partial charge in [0.25, 0.3) is 0 Å². The molecule has 1 saturated carbocycles. The highest BCUT2D eigenvalue weighted by Gasteiger charge is 2.45. The molecule has 0 aliphatic heterocycles. The molecule has 0 bridgehead atoms. The van der Waals surface area contributed by atoms with Crippen LogP contribution >= 0.6 is 0 Å². The number of carbonyl (C=O) groups is 6.